The monoisotopic (exact) mass is 339 g/mol. The van der Waals surface area contributed by atoms with Crippen LogP contribution in [0, 0.1) is 10.5 Å². The minimum Gasteiger partial charge on any atom is -0.366 e. The molecule has 0 aliphatic heterocycles. The largest absolute Gasteiger partial charge is 0.366 e. The van der Waals surface area contributed by atoms with E-state index in [1.807, 2.05) is 13.0 Å². The van der Waals surface area contributed by atoms with Gasteiger partial charge in [-0.3, -0.25) is 4.79 Å². The molecule has 0 saturated heterocycles. The van der Waals surface area contributed by atoms with Crippen molar-refractivity contribution in [2.24, 2.45) is 5.73 Å². The van der Waals surface area contributed by atoms with Crippen molar-refractivity contribution in [3.63, 3.8) is 0 Å². The molecular formula is C8H7BrINO. The molecular weight excluding hydrogens is 333 g/mol. The summed E-state index contributed by atoms with van der Waals surface area (Å²) in [6, 6.07) is 3.75. The van der Waals surface area contributed by atoms with E-state index in [0.29, 0.717) is 5.56 Å². The van der Waals surface area contributed by atoms with Crippen molar-refractivity contribution in [2.45, 2.75) is 6.92 Å². The van der Waals surface area contributed by atoms with Crippen LogP contribution in [0.2, 0.25) is 0 Å². The molecule has 0 aromatic heterocycles. The number of nitrogens with two attached hydrogens (primary N) is 1. The van der Waals surface area contributed by atoms with Gasteiger partial charge in [0.15, 0.2) is 0 Å². The zero-order chi connectivity index (χ0) is 9.30. The lowest BCUT2D eigenvalue weighted by atomic mass is 10.1. The lowest BCUT2D eigenvalue weighted by Crippen LogP contribution is -2.12. The van der Waals surface area contributed by atoms with Crippen LogP contribution in [-0.2, 0) is 0 Å². The summed E-state index contributed by atoms with van der Waals surface area (Å²) in [4.78, 5) is 10.9. The van der Waals surface area contributed by atoms with Crippen LogP contribution in [0.4, 0.5) is 0 Å². The van der Waals surface area contributed by atoms with Gasteiger partial charge in [0.25, 0.3) is 0 Å². The van der Waals surface area contributed by atoms with E-state index in [0.717, 1.165) is 13.6 Å². The number of carbonyl (C=O) groups is 1. The summed E-state index contributed by atoms with van der Waals surface area (Å²) in [5, 5.41) is 0. The quantitative estimate of drug-likeness (QED) is 0.785. The zero-order valence-corrected chi connectivity index (χ0v) is 10.1. The van der Waals surface area contributed by atoms with Crippen molar-refractivity contribution < 1.29 is 4.79 Å². The Hall–Kier alpha value is -0.100. The maximum Gasteiger partial charge on any atom is 0.249 e. The van der Waals surface area contributed by atoms with Gasteiger partial charge < -0.3 is 5.73 Å². The summed E-state index contributed by atoms with van der Waals surface area (Å²) in [6.07, 6.45) is 0. The van der Waals surface area contributed by atoms with Gasteiger partial charge in [0.05, 0.1) is 5.56 Å². The molecule has 1 aromatic carbocycles. The van der Waals surface area contributed by atoms with Crippen molar-refractivity contribution in [3.8, 4) is 0 Å². The molecule has 1 rings (SSSR count). The number of carbonyl (C=O) groups excluding carboxylic acids is 1. The maximum atomic E-state index is 10.9. The Bertz CT molecular complexity index is 338. The molecule has 0 aliphatic carbocycles. The Morgan fingerprint density at radius 2 is 2.17 bits per heavy atom. The topological polar surface area (TPSA) is 43.1 Å². The highest BCUT2D eigenvalue weighted by Crippen LogP contribution is 2.23. The molecule has 1 aromatic rings. The Balaban J connectivity index is 3.37. The Morgan fingerprint density at radius 3 is 2.67 bits per heavy atom. The van der Waals surface area contributed by atoms with E-state index in [1.165, 1.54) is 0 Å². The average molecular weight is 340 g/mol. The fourth-order valence-electron chi connectivity index (χ4n) is 0.905. The van der Waals surface area contributed by atoms with E-state index in [2.05, 4.69) is 38.5 Å². The summed E-state index contributed by atoms with van der Waals surface area (Å²) >= 11 is 5.46. The highest BCUT2D eigenvalue weighted by Gasteiger charge is 2.08. The van der Waals surface area contributed by atoms with Crippen LogP contribution < -0.4 is 5.73 Å². The van der Waals surface area contributed by atoms with Crippen molar-refractivity contribution in [1.29, 1.82) is 0 Å². The number of benzene rings is 1. The van der Waals surface area contributed by atoms with Crippen LogP contribution in [0.15, 0.2) is 16.6 Å². The summed E-state index contributed by atoms with van der Waals surface area (Å²) in [5.74, 6) is -0.400. The number of amides is 1. The number of primary amides is 1. The highest BCUT2D eigenvalue weighted by atomic mass is 127. The fraction of sp³-hybridized carbons (Fsp3) is 0.125. The minimum atomic E-state index is -0.400. The minimum absolute atomic E-state index is 0.400. The molecule has 1 amide bonds. The first-order valence-corrected chi connectivity index (χ1v) is 5.15. The molecule has 2 nitrogen and oxygen atoms in total. The number of hydrogen-bond acceptors (Lipinski definition) is 1. The Morgan fingerprint density at radius 1 is 1.58 bits per heavy atom. The van der Waals surface area contributed by atoms with Crippen LogP contribution in [0.5, 0.6) is 0 Å². The third-order valence-electron chi connectivity index (χ3n) is 1.48. The third-order valence-corrected chi connectivity index (χ3v) is 3.16. The van der Waals surface area contributed by atoms with Gasteiger partial charge in [-0.2, -0.15) is 0 Å². The van der Waals surface area contributed by atoms with E-state index in [9.17, 15) is 4.79 Å². The van der Waals surface area contributed by atoms with E-state index >= 15 is 0 Å². The molecule has 2 N–H and O–H groups in total. The summed E-state index contributed by atoms with van der Waals surface area (Å²) in [5.41, 5.74) is 6.74. The van der Waals surface area contributed by atoms with E-state index in [1.54, 1.807) is 6.07 Å². The number of aryl methyl sites for hydroxylation is 1. The van der Waals surface area contributed by atoms with E-state index in [-0.39, 0.29) is 0 Å². The van der Waals surface area contributed by atoms with Crippen LogP contribution >= 0.6 is 38.5 Å². The summed E-state index contributed by atoms with van der Waals surface area (Å²) in [7, 11) is 0. The molecule has 64 valence electrons. The van der Waals surface area contributed by atoms with Crippen molar-refractivity contribution in [1.82, 2.24) is 0 Å². The highest BCUT2D eigenvalue weighted by molar-refractivity contribution is 14.1. The third kappa shape index (κ3) is 1.98. The van der Waals surface area contributed by atoms with Gasteiger partial charge >= 0.3 is 0 Å². The second-order valence-electron chi connectivity index (χ2n) is 2.45. The lowest BCUT2D eigenvalue weighted by molar-refractivity contribution is 0.0999. The van der Waals surface area contributed by atoms with Crippen LogP contribution in [0.25, 0.3) is 0 Å². The van der Waals surface area contributed by atoms with Crippen LogP contribution in [-0.4, -0.2) is 5.91 Å². The zero-order valence-electron chi connectivity index (χ0n) is 6.40. The van der Waals surface area contributed by atoms with Gasteiger partial charge in [0, 0.05) is 8.04 Å². The van der Waals surface area contributed by atoms with Crippen molar-refractivity contribution in [2.75, 3.05) is 0 Å². The molecule has 0 spiro atoms. The van der Waals surface area contributed by atoms with Gasteiger partial charge in [-0.25, -0.2) is 0 Å². The predicted octanol–water partition coefficient (Wildman–Crippen LogP) is 2.46. The van der Waals surface area contributed by atoms with Crippen molar-refractivity contribution >= 4 is 44.4 Å². The summed E-state index contributed by atoms with van der Waals surface area (Å²) < 4.78 is 1.80. The van der Waals surface area contributed by atoms with Gasteiger partial charge in [-0.05, 0) is 63.1 Å². The van der Waals surface area contributed by atoms with Gasteiger partial charge in [-0.15, -0.1) is 0 Å². The molecule has 4 heteroatoms. The van der Waals surface area contributed by atoms with E-state index in [4.69, 9.17) is 5.73 Å². The van der Waals surface area contributed by atoms with Crippen LogP contribution in [0.1, 0.15) is 15.9 Å². The smallest absolute Gasteiger partial charge is 0.249 e. The van der Waals surface area contributed by atoms with Gasteiger partial charge in [0.2, 0.25) is 5.91 Å². The number of hydrogen-bond donors (Lipinski definition) is 1. The molecule has 0 unspecified atom stereocenters. The Labute approximate surface area is 92.8 Å². The fourth-order valence-corrected chi connectivity index (χ4v) is 2.11. The normalized spacial score (nSPS) is 9.92. The molecule has 0 saturated carbocycles. The molecule has 0 heterocycles. The maximum absolute atomic E-state index is 10.9. The summed E-state index contributed by atoms with van der Waals surface area (Å²) in [6.45, 7) is 1.93. The molecule has 0 radical (unpaired) electrons. The van der Waals surface area contributed by atoms with E-state index < -0.39 is 5.91 Å². The molecule has 0 aliphatic rings. The van der Waals surface area contributed by atoms with Crippen LogP contribution in [0.3, 0.4) is 0 Å². The Kier molecular flexibility index (Phi) is 3.11. The SMILES string of the molecule is Cc1cc(I)cc(C(N)=O)c1Br. The molecule has 0 bridgehead atoms. The van der Waals surface area contributed by atoms with Crippen molar-refractivity contribution in [3.05, 3.63) is 31.3 Å². The molecule has 12 heavy (non-hydrogen) atoms. The first kappa shape index (κ1) is 9.98. The average Bonchev–Trinajstić information content (AvgIpc) is 1.96. The predicted molar refractivity (Wildman–Crippen MR) is 60.1 cm³/mol. The van der Waals surface area contributed by atoms with Gasteiger partial charge in [-0.1, -0.05) is 0 Å². The first-order valence-electron chi connectivity index (χ1n) is 3.28. The first-order chi connectivity index (χ1) is 5.52. The molecule has 0 fully saturated rings. The number of halogens is 2. The second-order valence-corrected chi connectivity index (χ2v) is 4.49. The number of rotatable bonds is 1. The van der Waals surface area contributed by atoms with Gasteiger partial charge in [0.1, 0.15) is 0 Å². The lowest BCUT2D eigenvalue weighted by Gasteiger charge is -2.04. The molecule has 0 atom stereocenters. The standard InChI is InChI=1S/C8H7BrINO/c1-4-2-5(10)3-6(7(4)9)8(11)12/h2-3H,1H3,(H2,11,12). The second kappa shape index (κ2) is 3.74.